The van der Waals surface area contributed by atoms with E-state index in [1.54, 1.807) is 7.11 Å². The minimum Gasteiger partial charge on any atom is -0.496 e. The first kappa shape index (κ1) is 19.7. The van der Waals surface area contributed by atoms with E-state index in [1.165, 1.54) is 11.1 Å². The molecule has 27 heavy (non-hydrogen) atoms. The molecule has 0 saturated carbocycles. The van der Waals surface area contributed by atoms with Crippen LogP contribution in [-0.4, -0.2) is 32.6 Å². The highest BCUT2D eigenvalue weighted by Crippen LogP contribution is 2.29. The maximum atomic E-state index is 6.06. The van der Waals surface area contributed by atoms with Crippen LogP contribution in [0.3, 0.4) is 0 Å². The summed E-state index contributed by atoms with van der Waals surface area (Å²) < 4.78 is 12.7. The third-order valence-electron chi connectivity index (χ3n) is 4.63. The van der Waals surface area contributed by atoms with Crippen LogP contribution in [0.5, 0.6) is 11.5 Å². The van der Waals surface area contributed by atoms with Gasteiger partial charge in [0.2, 0.25) is 0 Å². The third-order valence-corrected chi connectivity index (χ3v) is 5.13. The van der Waals surface area contributed by atoms with Crippen molar-refractivity contribution in [3.05, 3.63) is 57.6 Å². The quantitative estimate of drug-likeness (QED) is 0.655. The Kier molecular flexibility index (Phi) is 7.16. The minimum absolute atomic E-state index is 0.719. The molecule has 2 aromatic carbocycles. The topological polar surface area (TPSA) is 42.8 Å². The van der Waals surface area contributed by atoms with E-state index in [1.807, 2.05) is 12.1 Å². The molecule has 0 bridgehead atoms. The molecule has 0 atom stereocenters. The van der Waals surface area contributed by atoms with Crippen molar-refractivity contribution < 1.29 is 9.47 Å². The molecule has 0 aromatic heterocycles. The van der Waals surface area contributed by atoms with Gasteiger partial charge < -0.3 is 14.8 Å². The lowest BCUT2D eigenvalue weighted by atomic mass is 9.97. The summed E-state index contributed by atoms with van der Waals surface area (Å²) in [6.07, 6.45) is 3.81. The second-order valence-corrected chi connectivity index (χ2v) is 7.51. The van der Waals surface area contributed by atoms with Crippen LogP contribution in [-0.2, 0) is 12.8 Å². The highest BCUT2D eigenvalue weighted by Gasteiger charge is 2.17. The average molecular weight is 431 g/mol. The summed E-state index contributed by atoms with van der Waals surface area (Å²) in [6.45, 7) is 4.69. The molecule has 144 valence electrons. The monoisotopic (exact) mass is 430 g/mol. The van der Waals surface area contributed by atoms with Crippen molar-refractivity contribution in [3.63, 3.8) is 0 Å². The predicted octanol–water partition coefficient (Wildman–Crippen LogP) is 4.77. The summed E-state index contributed by atoms with van der Waals surface area (Å²) in [7, 11) is 1.72. The Bertz CT molecular complexity index is 805. The van der Waals surface area contributed by atoms with E-state index in [0.717, 1.165) is 72.8 Å². The second-order valence-electron chi connectivity index (χ2n) is 6.60. The molecule has 0 aliphatic carbocycles. The molecule has 1 aliphatic heterocycles. The van der Waals surface area contributed by atoms with E-state index in [0.29, 0.717) is 0 Å². The molecule has 0 unspecified atom stereocenters. The van der Waals surface area contributed by atoms with Gasteiger partial charge in [0.25, 0.3) is 0 Å². The fourth-order valence-corrected chi connectivity index (χ4v) is 3.72. The van der Waals surface area contributed by atoms with Crippen LogP contribution in [0.4, 0.5) is 0 Å². The van der Waals surface area contributed by atoms with E-state index in [2.05, 4.69) is 52.4 Å². The summed E-state index contributed by atoms with van der Waals surface area (Å²) in [5.41, 5.74) is 3.54. The lowest BCUT2D eigenvalue weighted by Crippen LogP contribution is -2.31. The number of nitrogens with zero attached hydrogens (tertiary/aromatic N) is 1. The van der Waals surface area contributed by atoms with Gasteiger partial charge in [0.1, 0.15) is 17.3 Å². The number of hydrogen-bond donors (Lipinski definition) is 1. The summed E-state index contributed by atoms with van der Waals surface area (Å²) in [5, 5.41) is 3.45. The number of ether oxygens (including phenoxy) is 2. The van der Waals surface area contributed by atoms with Crippen molar-refractivity contribution in [1.29, 1.82) is 0 Å². The van der Waals surface area contributed by atoms with Gasteiger partial charge in [-0.3, -0.25) is 4.99 Å². The molecular formula is C22H27BrN2O2. The number of methoxy groups -OCH3 is 1. The van der Waals surface area contributed by atoms with E-state index >= 15 is 0 Å². The fourth-order valence-electron chi connectivity index (χ4n) is 3.31. The van der Waals surface area contributed by atoms with Gasteiger partial charge >= 0.3 is 0 Å². The number of amidine groups is 1. The van der Waals surface area contributed by atoms with Crippen molar-refractivity contribution in [1.82, 2.24) is 5.32 Å². The van der Waals surface area contributed by atoms with Crippen molar-refractivity contribution in [2.45, 2.75) is 32.6 Å². The molecule has 0 amide bonds. The molecular weight excluding hydrogens is 404 g/mol. The zero-order valence-corrected chi connectivity index (χ0v) is 17.6. The first-order valence-corrected chi connectivity index (χ1v) is 10.4. The first-order valence-electron chi connectivity index (χ1n) is 9.58. The van der Waals surface area contributed by atoms with Crippen molar-refractivity contribution in [3.8, 4) is 11.5 Å². The molecule has 1 aliphatic rings. The largest absolute Gasteiger partial charge is 0.496 e. The fraction of sp³-hybridized carbons (Fsp3) is 0.409. The Balaban J connectivity index is 1.92. The average Bonchev–Trinajstić information content (AvgIpc) is 2.71. The number of halogens is 1. The van der Waals surface area contributed by atoms with Crippen LogP contribution < -0.4 is 14.8 Å². The van der Waals surface area contributed by atoms with Crippen LogP contribution >= 0.6 is 15.9 Å². The summed E-state index contributed by atoms with van der Waals surface area (Å²) in [5.74, 6) is 2.86. The van der Waals surface area contributed by atoms with E-state index in [9.17, 15) is 0 Å². The Morgan fingerprint density at radius 2 is 2.04 bits per heavy atom. The Morgan fingerprint density at radius 3 is 2.78 bits per heavy atom. The zero-order valence-electron chi connectivity index (χ0n) is 16.1. The maximum Gasteiger partial charge on any atom is 0.128 e. The molecule has 0 saturated heterocycles. The summed E-state index contributed by atoms with van der Waals surface area (Å²) in [4.78, 5) is 4.70. The summed E-state index contributed by atoms with van der Waals surface area (Å²) in [6, 6.07) is 12.4. The number of rotatable bonds is 8. The van der Waals surface area contributed by atoms with E-state index < -0.39 is 0 Å². The first-order chi connectivity index (χ1) is 13.2. The van der Waals surface area contributed by atoms with E-state index in [-0.39, 0.29) is 0 Å². The van der Waals surface area contributed by atoms with Crippen molar-refractivity contribution in [2.24, 2.45) is 4.99 Å². The van der Waals surface area contributed by atoms with Crippen LogP contribution in [0.1, 0.15) is 36.5 Å². The van der Waals surface area contributed by atoms with Gasteiger partial charge in [-0.05, 0) is 55.5 Å². The normalized spacial score (nSPS) is 13.7. The van der Waals surface area contributed by atoms with Crippen molar-refractivity contribution >= 4 is 21.8 Å². The Hall–Kier alpha value is -2.01. The van der Waals surface area contributed by atoms with Crippen LogP contribution in [0.2, 0.25) is 0 Å². The number of aliphatic imine (C=N–C) groups is 1. The molecule has 1 heterocycles. The number of aryl methyl sites for hydroxylation is 1. The smallest absolute Gasteiger partial charge is 0.128 e. The number of benzene rings is 2. The molecule has 0 radical (unpaired) electrons. The van der Waals surface area contributed by atoms with Gasteiger partial charge in [-0.1, -0.05) is 35.0 Å². The van der Waals surface area contributed by atoms with Crippen molar-refractivity contribution in [2.75, 3.05) is 26.8 Å². The Morgan fingerprint density at radius 1 is 1.15 bits per heavy atom. The second kappa shape index (κ2) is 9.79. The SMILES string of the molecule is CCCOc1cccc(C2=NCCCN2)c1CCc1cc(Br)ccc1OC. The highest BCUT2D eigenvalue weighted by molar-refractivity contribution is 9.10. The molecule has 2 aromatic rings. The molecule has 3 rings (SSSR count). The number of nitrogens with one attached hydrogen (secondary N) is 1. The highest BCUT2D eigenvalue weighted by atomic mass is 79.9. The van der Waals surface area contributed by atoms with E-state index in [4.69, 9.17) is 14.5 Å². The standard InChI is InChI=1S/C22H27BrN2O2/c1-3-14-27-21-7-4-6-19(22-24-12-5-13-25-22)18(21)10-8-16-15-17(23)9-11-20(16)26-2/h4,6-7,9,11,15H,3,5,8,10,12-14H2,1-2H3,(H,24,25). The van der Waals surface area contributed by atoms with Gasteiger partial charge in [0.05, 0.1) is 13.7 Å². The number of hydrogen-bond acceptors (Lipinski definition) is 4. The Labute approximate surface area is 170 Å². The minimum atomic E-state index is 0.719. The summed E-state index contributed by atoms with van der Waals surface area (Å²) >= 11 is 3.57. The van der Waals surface area contributed by atoms with Gasteiger partial charge in [0.15, 0.2) is 0 Å². The zero-order chi connectivity index (χ0) is 19.1. The van der Waals surface area contributed by atoms with Crippen LogP contribution in [0.15, 0.2) is 45.9 Å². The van der Waals surface area contributed by atoms with Gasteiger partial charge in [-0.15, -0.1) is 0 Å². The van der Waals surface area contributed by atoms with Gasteiger partial charge in [0, 0.05) is 28.7 Å². The van der Waals surface area contributed by atoms with Gasteiger partial charge in [-0.2, -0.15) is 0 Å². The van der Waals surface area contributed by atoms with Crippen LogP contribution in [0, 0.1) is 0 Å². The maximum absolute atomic E-state index is 6.06. The lowest BCUT2D eigenvalue weighted by Gasteiger charge is -2.20. The molecule has 5 heteroatoms. The van der Waals surface area contributed by atoms with Gasteiger partial charge in [-0.25, -0.2) is 0 Å². The lowest BCUT2D eigenvalue weighted by molar-refractivity contribution is 0.314. The molecule has 0 fully saturated rings. The third kappa shape index (κ3) is 5.04. The molecule has 4 nitrogen and oxygen atoms in total. The van der Waals surface area contributed by atoms with Crippen LogP contribution in [0.25, 0.3) is 0 Å². The molecule has 1 N–H and O–H groups in total. The predicted molar refractivity (Wildman–Crippen MR) is 114 cm³/mol. The molecule has 0 spiro atoms.